The molecule has 0 saturated heterocycles. The lowest BCUT2D eigenvalue weighted by Gasteiger charge is -2.24. The number of carbonyl (C=O) groups is 4. The Morgan fingerprint density at radius 2 is 1.09 bits per heavy atom. The van der Waals surface area contributed by atoms with Crippen LogP contribution in [0.5, 0.6) is 0 Å². The van der Waals surface area contributed by atoms with E-state index in [1.807, 2.05) is 13.8 Å². The number of fused-ring (bicyclic) bond motifs is 2. The fourth-order valence-corrected chi connectivity index (χ4v) is 8.08. The summed E-state index contributed by atoms with van der Waals surface area (Å²) in [4.78, 5) is 52.5. The number of rotatable bonds is 11. The maximum atomic E-state index is 15.2. The number of nitrogens with one attached hydrogen (secondary N) is 2. The molecule has 2 atom stereocenters. The van der Waals surface area contributed by atoms with Gasteiger partial charge in [-0.05, 0) is 74.3 Å². The van der Waals surface area contributed by atoms with Crippen LogP contribution in [0.15, 0.2) is 0 Å². The number of carbonyl (C=O) groups excluding carboxylic acids is 4. The summed E-state index contributed by atoms with van der Waals surface area (Å²) >= 11 is 1.72. The van der Waals surface area contributed by atoms with Crippen molar-refractivity contribution in [3.8, 4) is 0 Å². The van der Waals surface area contributed by atoms with Crippen molar-refractivity contribution in [2.45, 2.75) is 90.9 Å². The Morgan fingerprint density at radius 1 is 0.727 bits per heavy atom. The maximum absolute atomic E-state index is 15.2. The van der Waals surface area contributed by atoms with E-state index in [4.69, 9.17) is 9.47 Å². The van der Waals surface area contributed by atoms with Crippen molar-refractivity contribution < 1.29 is 46.2 Å². The van der Waals surface area contributed by atoms with E-state index in [1.165, 1.54) is 0 Å². The minimum Gasteiger partial charge on any atom is -0.462 e. The highest BCUT2D eigenvalue weighted by Crippen LogP contribution is 2.44. The van der Waals surface area contributed by atoms with Gasteiger partial charge in [0.2, 0.25) is 0 Å². The number of thiophene rings is 2. The van der Waals surface area contributed by atoms with Crippen molar-refractivity contribution in [2.75, 3.05) is 23.8 Å². The van der Waals surface area contributed by atoms with Gasteiger partial charge in [0.25, 0.3) is 0 Å². The lowest BCUT2D eigenvalue weighted by molar-refractivity contribution is -0.204. The predicted octanol–water partition coefficient (Wildman–Crippen LogP) is 7.04. The van der Waals surface area contributed by atoms with Gasteiger partial charge < -0.3 is 20.1 Å². The molecule has 2 N–H and O–H groups in total. The Labute approximate surface area is 260 Å². The normalized spacial score (nSPS) is 18.2. The number of hydrogen-bond acceptors (Lipinski definition) is 8. The number of anilines is 2. The van der Waals surface area contributed by atoms with Crippen LogP contribution in [0.4, 0.5) is 27.6 Å². The molecule has 2 aromatic heterocycles. The van der Waals surface area contributed by atoms with Crippen LogP contribution in [-0.2, 0) is 44.7 Å². The summed E-state index contributed by atoms with van der Waals surface area (Å²) in [5, 5.41) is 2.95. The van der Waals surface area contributed by atoms with Crippen LogP contribution in [0.25, 0.3) is 0 Å². The molecule has 2 amide bonds. The molecule has 242 valence electrons. The summed E-state index contributed by atoms with van der Waals surface area (Å²) in [6.07, 6.45) is 4.29. The van der Waals surface area contributed by atoms with E-state index in [0.29, 0.717) is 72.2 Å². The summed E-state index contributed by atoms with van der Waals surface area (Å²) in [6.45, 7) is 7.56. The van der Waals surface area contributed by atoms with Gasteiger partial charge in [0.05, 0.1) is 24.3 Å². The first kappa shape index (κ1) is 33.9. The summed E-state index contributed by atoms with van der Waals surface area (Å²) in [6, 6.07) is 0. The molecule has 0 spiro atoms. The average molecular weight is 661 g/mol. The monoisotopic (exact) mass is 660 g/mol. The third kappa shape index (κ3) is 6.65. The van der Waals surface area contributed by atoms with E-state index >= 15 is 17.6 Å². The number of hydrogen-bond donors (Lipinski definition) is 2. The largest absolute Gasteiger partial charge is 0.462 e. The maximum Gasteiger partial charge on any atom is 0.396 e. The second-order valence-electron chi connectivity index (χ2n) is 11.4. The average Bonchev–Trinajstić information content (AvgIpc) is 3.50. The Balaban J connectivity index is 1.60. The minimum absolute atomic E-state index is 0.0423. The summed E-state index contributed by atoms with van der Waals surface area (Å²) in [5.41, 5.74) is 0.818. The standard InChI is InChI=1S/C30H36F4N2O6S2/c1-5-11-41-25(37)21-17-9-7-15(3)13-19(17)43-23(21)35-27(39)29(31,32)30(33,34)28(40)36-24-22(26(38)42-12-6-2)18-10-8-16(4)14-20(18)44-24/h15-16H,5-14H2,1-4H3,(H,35,39)(H,36,40)/t15-,16-/m0/s1. The van der Waals surface area contributed by atoms with Gasteiger partial charge in [-0.25, -0.2) is 9.59 Å². The zero-order chi connectivity index (χ0) is 32.4. The Kier molecular flexibility index (Phi) is 10.4. The third-order valence-corrected chi connectivity index (χ3v) is 10.1. The third-order valence-electron chi connectivity index (χ3n) is 7.72. The molecule has 2 aliphatic carbocycles. The molecule has 0 unspecified atom stereocenters. The zero-order valence-corrected chi connectivity index (χ0v) is 26.6. The smallest absolute Gasteiger partial charge is 0.396 e. The van der Waals surface area contributed by atoms with Crippen LogP contribution >= 0.6 is 22.7 Å². The number of amides is 2. The van der Waals surface area contributed by atoms with Crippen LogP contribution in [0.1, 0.15) is 95.0 Å². The molecule has 0 bridgehead atoms. The number of alkyl halides is 4. The van der Waals surface area contributed by atoms with Crippen molar-refractivity contribution in [1.82, 2.24) is 0 Å². The minimum atomic E-state index is -5.52. The number of halogens is 4. The summed E-state index contributed by atoms with van der Waals surface area (Å²) in [5.74, 6) is -17.2. The molecular formula is C30H36F4N2O6S2. The highest BCUT2D eigenvalue weighted by atomic mass is 32.1. The highest BCUT2D eigenvalue weighted by molar-refractivity contribution is 7.17. The zero-order valence-electron chi connectivity index (χ0n) is 25.0. The molecule has 2 heterocycles. The fourth-order valence-electron chi connectivity index (χ4n) is 5.29. The first-order chi connectivity index (χ1) is 20.7. The van der Waals surface area contributed by atoms with Crippen LogP contribution in [0.2, 0.25) is 0 Å². The van der Waals surface area contributed by atoms with E-state index in [9.17, 15) is 19.2 Å². The van der Waals surface area contributed by atoms with Crippen molar-refractivity contribution in [1.29, 1.82) is 0 Å². The van der Waals surface area contributed by atoms with E-state index < -0.39 is 35.6 Å². The molecule has 0 radical (unpaired) electrons. The Hall–Kier alpha value is -3.00. The van der Waals surface area contributed by atoms with E-state index in [0.717, 1.165) is 22.7 Å². The molecule has 0 aromatic carbocycles. The lowest BCUT2D eigenvalue weighted by Crippen LogP contribution is -2.56. The van der Waals surface area contributed by atoms with E-state index in [1.54, 1.807) is 24.5 Å². The van der Waals surface area contributed by atoms with Gasteiger partial charge in [-0.15, -0.1) is 22.7 Å². The molecule has 4 rings (SSSR count). The van der Waals surface area contributed by atoms with Crippen LogP contribution in [0, 0.1) is 11.8 Å². The van der Waals surface area contributed by atoms with Crippen molar-refractivity contribution in [3.63, 3.8) is 0 Å². The number of ether oxygens (including phenoxy) is 2. The van der Waals surface area contributed by atoms with Crippen LogP contribution < -0.4 is 10.6 Å². The van der Waals surface area contributed by atoms with Gasteiger partial charge in [-0.2, -0.15) is 17.6 Å². The summed E-state index contributed by atoms with van der Waals surface area (Å²) < 4.78 is 71.2. The van der Waals surface area contributed by atoms with Crippen molar-refractivity contribution in [2.24, 2.45) is 11.8 Å². The second-order valence-corrected chi connectivity index (χ2v) is 13.7. The first-order valence-corrected chi connectivity index (χ1v) is 16.4. The van der Waals surface area contributed by atoms with Crippen molar-refractivity contribution >= 4 is 56.4 Å². The van der Waals surface area contributed by atoms with Gasteiger partial charge in [0.1, 0.15) is 10.0 Å². The molecule has 0 saturated carbocycles. The molecule has 14 heteroatoms. The van der Waals surface area contributed by atoms with Crippen LogP contribution in [0.3, 0.4) is 0 Å². The van der Waals surface area contributed by atoms with Crippen molar-refractivity contribution in [3.05, 3.63) is 32.0 Å². The topological polar surface area (TPSA) is 111 Å². The lowest BCUT2D eigenvalue weighted by atomic mass is 9.88. The Morgan fingerprint density at radius 3 is 1.43 bits per heavy atom. The van der Waals surface area contributed by atoms with Gasteiger partial charge in [0.15, 0.2) is 0 Å². The SMILES string of the molecule is CCCOC(=O)c1c(NC(=O)C(F)(F)C(F)(F)C(=O)Nc2sc3c(c2C(=O)OCCC)CC[C@H](C)C3)sc2c1CC[C@H](C)C2. The molecule has 8 nitrogen and oxygen atoms in total. The fraction of sp³-hybridized carbons (Fsp3) is 0.600. The molecule has 44 heavy (non-hydrogen) atoms. The van der Waals surface area contributed by atoms with Gasteiger partial charge in [0, 0.05) is 9.75 Å². The molecule has 0 fully saturated rings. The molecule has 2 aliphatic rings. The first-order valence-electron chi connectivity index (χ1n) is 14.7. The van der Waals surface area contributed by atoms with Gasteiger partial charge >= 0.3 is 35.6 Å². The molecule has 2 aromatic rings. The number of esters is 2. The van der Waals surface area contributed by atoms with E-state index in [-0.39, 0.29) is 46.2 Å². The van der Waals surface area contributed by atoms with Crippen LogP contribution in [-0.4, -0.2) is 48.8 Å². The van der Waals surface area contributed by atoms with Gasteiger partial charge in [-0.1, -0.05) is 27.7 Å². The molecular weight excluding hydrogens is 624 g/mol. The quantitative estimate of drug-likeness (QED) is 0.198. The summed E-state index contributed by atoms with van der Waals surface area (Å²) in [7, 11) is 0. The Bertz CT molecular complexity index is 1330. The van der Waals surface area contributed by atoms with Gasteiger partial charge in [-0.3, -0.25) is 9.59 Å². The second kappa shape index (κ2) is 13.6. The molecule has 0 aliphatic heterocycles. The highest BCUT2D eigenvalue weighted by Gasteiger charge is 2.67. The predicted molar refractivity (Wildman–Crippen MR) is 159 cm³/mol. The van der Waals surface area contributed by atoms with E-state index in [2.05, 4.69) is 0 Å².